The molecule has 0 bridgehead atoms. The molecular weight excluding hydrogens is 112 g/mol. The number of allylic oxidation sites excluding steroid dienone is 2. The average Bonchev–Trinajstić information content (AvgIpc) is 1.91. The Morgan fingerprint density at radius 1 is 1.67 bits per heavy atom. The van der Waals surface area contributed by atoms with Crippen LogP contribution >= 0.6 is 0 Å². The third-order valence-corrected chi connectivity index (χ3v) is 1.22. The largest absolute Gasteiger partial charge is 0.497 e. The molecule has 1 radical (unpaired) electrons. The average molecular weight is 123 g/mol. The molecule has 1 nitrogen and oxygen atoms in total. The lowest BCUT2D eigenvalue weighted by Crippen LogP contribution is -1.91. The minimum absolute atomic E-state index is 0.723. The molecule has 1 rings (SSSR count). The zero-order valence-corrected chi connectivity index (χ0v) is 5.47. The lowest BCUT2D eigenvalue weighted by molar-refractivity contribution is 0.281. The summed E-state index contributed by atoms with van der Waals surface area (Å²) in [5.74, 6) is 0. The summed E-state index contributed by atoms with van der Waals surface area (Å²) in [4.78, 5) is 0. The third kappa shape index (κ3) is 1.92. The molecular formula is C8H11O. The van der Waals surface area contributed by atoms with Gasteiger partial charge < -0.3 is 4.74 Å². The highest BCUT2D eigenvalue weighted by Crippen LogP contribution is 2.09. The zero-order valence-electron chi connectivity index (χ0n) is 5.47. The molecule has 0 atom stereocenters. The first-order valence-electron chi connectivity index (χ1n) is 3.20. The van der Waals surface area contributed by atoms with Crippen LogP contribution in [0.4, 0.5) is 0 Å². The summed E-state index contributed by atoms with van der Waals surface area (Å²) in [6.07, 6.45) is 7.89. The number of rotatable bonds is 2. The maximum Gasteiger partial charge on any atom is 0.106 e. The Balaban J connectivity index is 2.38. The van der Waals surface area contributed by atoms with E-state index in [0.717, 1.165) is 19.4 Å². The fraction of sp³-hybridized carbons (Fsp3) is 0.375. The fourth-order valence-electron chi connectivity index (χ4n) is 0.796. The Kier molecular flexibility index (Phi) is 2.37. The Bertz CT molecular complexity index is 134. The normalized spacial score (nSPS) is 16.8. The van der Waals surface area contributed by atoms with Crippen molar-refractivity contribution >= 4 is 0 Å². The van der Waals surface area contributed by atoms with Gasteiger partial charge in [-0.05, 0) is 24.5 Å². The third-order valence-electron chi connectivity index (χ3n) is 1.22. The monoisotopic (exact) mass is 123 g/mol. The minimum atomic E-state index is 0.723. The lowest BCUT2D eigenvalue weighted by atomic mass is 10.1. The van der Waals surface area contributed by atoms with E-state index in [9.17, 15) is 0 Å². The van der Waals surface area contributed by atoms with Crippen LogP contribution in [-0.4, -0.2) is 6.61 Å². The van der Waals surface area contributed by atoms with Crippen LogP contribution in [0.15, 0.2) is 24.0 Å². The summed E-state index contributed by atoms with van der Waals surface area (Å²) in [7, 11) is 0. The van der Waals surface area contributed by atoms with E-state index in [0.29, 0.717) is 0 Å². The SMILES string of the molecule is [CH2]CCC1=COCC=C1. The van der Waals surface area contributed by atoms with E-state index < -0.39 is 0 Å². The molecule has 0 fully saturated rings. The molecule has 0 spiro atoms. The first kappa shape index (κ1) is 6.40. The van der Waals surface area contributed by atoms with Crippen molar-refractivity contribution < 1.29 is 4.74 Å². The summed E-state index contributed by atoms with van der Waals surface area (Å²) in [6, 6.07) is 0. The van der Waals surface area contributed by atoms with Gasteiger partial charge >= 0.3 is 0 Å². The highest BCUT2D eigenvalue weighted by Gasteiger charge is 1.94. The fourth-order valence-corrected chi connectivity index (χ4v) is 0.796. The van der Waals surface area contributed by atoms with Gasteiger partial charge in [-0.1, -0.05) is 13.0 Å². The molecule has 1 heterocycles. The molecule has 0 aromatic rings. The maximum atomic E-state index is 5.06. The van der Waals surface area contributed by atoms with Crippen LogP contribution in [0.5, 0.6) is 0 Å². The number of hydrogen-bond donors (Lipinski definition) is 0. The second-order valence-corrected chi connectivity index (χ2v) is 2.03. The summed E-state index contributed by atoms with van der Waals surface area (Å²) >= 11 is 0. The predicted molar refractivity (Wildman–Crippen MR) is 37.8 cm³/mol. The lowest BCUT2D eigenvalue weighted by Gasteiger charge is -2.05. The standard InChI is InChI=1S/C8H11O/c1-2-4-8-5-3-6-9-7-8/h3,5,7H,1-2,4,6H2. The van der Waals surface area contributed by atoms with Crippen molar-refractivity contribution in [3.05, 3.63) is 30.9 Å². The van der Waals surface area contributed by atoms with Crippen LogP contribution in [0.2, 0.25) is 0 Å². The van der Waals surface area contributed by atoms with Gasteiger partial charge in [0.15, 0.2) is 0 Å². The van der Waals surface area contributed by atoms with E-state index in [4.69, 9.17) is 4.74 Å². The van der Waals surface area contributed by atoms with E-state index in [-0.39, 0.29) is 0 Å². The van der Waals surface area contributed by atoms with Gasteiger partial charge in [0.1, 0.15) is 6.61 Å². The van der Waals surface area contributed by atoms with Crippen molar-refractivity contribution in [2.24, 2.45) is 0 Å². The zero-order chi connectivity index (χ0) is 6.53. The Morgan fingerprint density at radius 2 is 2.56 bits per heavy atom. The first-order valence-corrected chi connectivity index (χ1v) is 3.20. The van der Waals surface area contributed by atoms with Crippen LogP contribution in [0.3, 0.4) is 0 Å². The van der Waals surface area contributed by atoms with Crippen LogP contribution in [-0.2, 0) is 4.74 Å². The second kappa shape index (κ2) is 3.33. The van der Waals surface area contributed by atoms with Crippen molar-refractivity contribution in [1.29, 1.82) is 0 Å². The molecule has 0 N–H and O–H groups in total. The molecule has 49 valence electrons. The smallest absolute Gasteiger partial charge is 0.106 e. The molecule has 1 heteroatoms. The summed E-state index contributed by atoms with van der Waals surface area (Å²) < 4.78 is 5.06. The molecule has 1 aliphatic heterocycles. The molecule has 0 aromatic carbocycles. The van der Waals surface area contributed by atoms with Crippen molar-refractivity contribution in [3.8, 4) is 0 Å². The summed E-state index contributed by atoms with van der Waals surface area (Å²) in [5.41, 5.74) is 1.25. The molecule has 0 aliphatic carbocycles. The van der Waals surface area contributed by atoms with E-state index in [1.54, 1.807) is 0 Å². The van der Waals surface area contributed by atoms with Gasteiger partial charge in [0.2, 0.25) is 0 Å². The first-order chi connectivity index (χ1) is 4.43. The molecule has 1 aliphatic rings. The van der Waals surface area contributed by atoms with Crippen LogP contribution in [0, 0.1) is 6.92 Å². The van der Waals surface area contributed by atoms with Crippen LogP contribution < -0.4 is 0 Å². The molecule has 0 saturated carbocycles. The van der Waals surface area contributed by atoms with Gasteiger partial charge in [-0.15, -0.1) is 0 Å². The van der Waals surface area contributed by atoms with Gasteiger partial charge in [-0.3, -0.25) is 0 Å². The highest BCUT2D eigenvalue weighted by atomic mass is 16.5. The maximum absolute atomic E-state index is 5.06. The van der Waals surface area contributed by atoms with E-state index in [2.05, 4.69) is 13.0 Å². The minimum Gasteiger partial charge on any atom is -0.497 e. The van der Waals surface area contributed by atoms with E-state index >= 15 is 0 Å². The van der Waals surface area contributed by atoms with Crippen LogP contribution in [0.25, 0.3) is 0 Å². The van der Waals surface area contributed by atoms with Crippen LogP contribution in [0.1, 0.15) is 12.8 Å². The summed E-state index contributed by atoms with van der Waals surface area (Å²) in [5, 5.41) is 0. The van der Waals surface area contributed by atoms with Crippen molar-refractivity contribution in [1.82, 2.24) is 0 Å². The van der Waals surface area contributed by atoms with Crippen molar-refractivity contribution in [3.63, 3.8) is 0 Å². The molecule has 0 aromatic heterocycles. The molecule has 0 amide bonds. The number of ether oxygens (including phenoxy) is 1. The Morgan fingerprint density at radius 3 is 3.11 bits per heavy atom. The van der Waals surface area contributed by atoms with Gasteiger partial charge in [0, 0.05) is 0 Å². The topological polar surface area (TPSA) is 9.23 Å². The van der Waals surface area contributed by atoms with E-state index in [1.165, 1.54) is 5.57 Å². The predicted octanol–water partition coefficient (Wildman–Crippen LogP) is 2.07. The van der Waals surface area contributed by atoms with Crippen molar-refractivity contribution in [2.75, 3.05) is 6.61 Å². The Hall–Kier alpha value is -0.720. The highest BCUT2D eigenvalue weighted by molar-refractivity contribution is 5.18. The summed E-state index contributed by atoms with van der Waals surface area (Å²) in [6.45, 7) is 4.47. The van der Waals surface area contributed by atoms with E-state index in [1.807, 2.05) is 12.3 Å². The van der Waals surface area contributed by atoms with Gasteiger partial charge in [-0.25, -0.2) is 0 Å². The number of hydrogen-bond acceptors (Lipinski definition) is 1. The quantitative estimate of drug-likeness (QED) is 0.546. The molecule has 0 saturated heterocycles. The molecule has 9 heavy (non-hydrogen) atoms. The van der Waals surface area contributed by atoms with Crippen molar-refractivity contribution in [2.45, 2.75) is 12.8 Å². The Labute approximate surface area is 56.0 Å². The molecule has 0 unspecified atom stereocenters. The van der Waals surface area contributed by atoms with Gasteiger partial charge in [0.25, 0.3) is 0 Å². The van der Waals surface area contributed by atoms with Gasteiger partial charge in [-0.2, -0.15) is 0 Å². The second-order valence-electron chi connectivity index (χ2n) is 2.03. The van der Waals surface area contributed by atoms with Gasteiger partial charge in [0.05, 0.1) is 6.26 Å².